The molecule has 0 radical (unpaired) electrons. The fourth-order valence-electron chi connectivity index (χ4n) is 3.49. The van der Waals surface area contributed by atoms with Crippen molar-refractivity contribution in [3.63, 3.8) is 0 Å². The first-order valence-electron chi connectivity index (χ1n) is 5.55. The summed E-state index contributed by atoms with van der Waals surface area (Å²) in [6, 6.07) is 0. The molecular weight excluding hydrogens is 208 g/mol. The standard InChI is InChI=1S/C11H14N2OS/c14-7-11(5-10-6-15-13-12-10)4-8-1-2-9(11)3-8/h6-9H,1-5H2. The van der Waals surface area contributed by atoms with Crippen molar-refractivity contribution in [1.29, 1.82) is 0 Å². The van der Waals surface area contributed by atoms with Crippen LogP contribution in [0.5, 0.6) is 0 Å². The van der Waals surface area contributed by atoms with E-state index in [2.05, 4.69) is 9.59 Å². The van der Waals surface area contributed by atoms with E-state index >= 15 is 0 Å². The Balaban J connectivity index is 1.85. The van der Waals surface area contributed by atoms with Crippen LogP contribution in [0.2, 0.25) is 0 Å². The Hall–Kier alpha value is -0.770. The number of rotatable bonds is 3. The lowest BCUT2D eigenvalue weighted by Gasteiger charge is -2.31. The van der Waals surface area contributed by atoms with E-state index in [1.165, 1.54) is 37.1 Å². The lowest BCUT2D eigenvalue weighted by molar-refractivity contribution is -0.118. The highest BCUT2D eigenvalue weighted by atomic mass is 32.1. The molecule has 2 saturated carbocycles. The number of carbonyl (C=O) groups is 1. The maximum absolute atomic E-state index is 11.4. The summed E-state index contributed by atoms with van der Waals surface area (Å²) in [6.45, 7) is 0. The first-order chi connectivity index (χ1) is 7.32. The highest BCUT2D eigenvalue weighted by molar-refractivity contribution is 7.03. The molecule has 0 aliphatic heterocycles. The molecule has 0 saturated heterocycles. The molecule has 0 aromatic carbocycles. The molecule has 1 heterocycles. The molecular formula is C11H14N2OS. The molecule has 2 fully saturated rings. The number of nitrogens with zero attached hydrogens (tertiary/aromatic N) is 2. The summed E-state index contributed by atoms with van der Waals surface area (Å²) in [5.41, 5.74) is 0.901. The van der Waals surface area contributed by atoms with Gasteiger partial charge in [-0.25, -0.2) is 0 Å². The van der Waals surface area contributed by atoms with Gasteiger partial charge in [0.2, 0.25) is 0 Å². The third-order valence-corrected chi connectivity index (χ3v) is 4.73. The van der Waals surface area contributed by atoms with Crippen molar-refractivity contribution < 1.29 is 4.79 Å². The average molecular weight is 222 g/mol. The lowest BCUT2D eigenvalue weighted by Crippen LogP contribution is -2.32. The molecule has 3 unspecified atom stereocenters. The van der Waals surface area contributed by atoms with Crippen LogP contribution in [0.3, 0.4) is 0 Å². The summed E-state index contributed by atoms with van der Waals surface area (Å²) in [5.74, 6) is 1.41. The third kappa shape index (κ3) is 1.42. The van der Waals surface area contributed by atoms with Crippen molar-refractivity contribution in [3.05, 3.63) is 11.1 Å². The molecule has 2 aliphatic rings. The molecule has 0 amide bonds. The van der Waals surface area contributed by atoms with Gasteiger partial charge in [0.05, 0.1) is 5.69 Å². The number of aldehydes is 1. The number of hydrogen-bond acceptors (Lipinski definition) is 4. The Morgan fingerprint density at radius 2 is 2.53 bits per heavy atom. The largest absolute Gasteiger partial charge is 0.303 e. The third-order valence-electron chi connectivity index (χ3n) is 4.17. The fourth-order valence-corrected chi connectivity index (χ4v) is 3.94. The van der Waals surface area contributed by atoms with Gasteiger partial charge in [-0.15, -0.1) is 5.10 Å². The van der Waals surface area contributed by atoms with Crippen LogP contribution in [0.25, 0.3) is 0 Å². The normalized spacial score (nSPS) is 38.4. The maximum Gasteiger partial charge on any atom is 0.126 e. The first kappa shape index (κ1) is 9.46. The summed E-state index contributed by atoms with van der Waals surface area (Å²) in [6.07, 6.45) is 6.93. The summed E-state index contributed by atoms with van der Waals surface area (Å²) in [7, 11) is 0. The Kier molecular flexibility index (Phi) is 2.12. The van der Waals surface area contributed by atoms with Gasteiger partial charge in [-0.3, -0.25) is 0 Å². The highest BCUT2D eigenvalue weighted by Gasteiger charge is 2.51. The second kappa shape index (κ2) is 3.37. The molecule has 2 bridgehead atoms. The van der Waals surface area contributed by atoms with E-state index in [0.29, 0.717) is 5.92 Å². The summed E-state index contributed by atoms with van der Waals surface area (Å²) in [4.78, 5) is 11.4. The number of fused-ring (bicyclic) bond motifs is 2. The highest BCUT2D eigenvalue weighted by Crippen LogP contribution is 2.56. The Bertz CT molecular complexity index is 365. The van der Waals surface area contributed by atoms with Crippen LogP contribution >= 0.6 is 11.5 Å². The Morgan fingerprint density at radius 1 is 1.60 bits per heavy atom. The minimum absolute atomic E-state index is 0.0985. The van der Waals surface area contributed by atoms with E-state index in [4.69, 9.17) is 0 Å². The molecule has 0 N–H and O–H groups in total. The van der Waals surface area contributed by atoms with Gasteiger partial charge in [-0.05, 0) is 42.6 Å². The molecule has 15 heavy (non-hydrogen) atoms. The van der Waals surface area contributed by atoms with Gasteiger partial charge in [0.25, 0.3) is 0 Å². The SMILES string of the molecule is O=CC1(Cc2csnn2)CC2CCC1C2. The predicted octanol–water partition coefficient (Wildman–Crippen LogP) is 2.09. The van der Waals surface area contributed by atoms with Crippen molar-refractivity contribution >= 4 is 17.8 Å². The molecule has 3 rings (SSSR count). The fraction of sp³-hybridized carbons (Fsp3) is 0.727. The van der Waals surface area contributed by atoms with E-state index in [0.717, 1.165) is 24.5 Å². The van der Waals surface area contributed by atoms with Crippen molar-refractivity contribution in [1.82, 2.24) is 9.59 Å². The Labute approximate surface area is 93.1 Å². The number of hydrogen-bond donors (Lipinski definition) is 0. The van der Waals surface area contributed by atoms with E-state index in [-0.39, 0.29) is 5.41 Å². The van der Waals surface area contributed by atoms with Gasteiger partial charge in [-0.1, -0.05) is 10.9 Å². The van der Waals surface area contributed by atoms with Gasteiger partial charge in [0.15, 0.2) is 0 Å². The molecule has 4 heteroatoms. The topological polar surface area (TPSA) is 42.9 Å². The number of carbonyl (C=O) groups excluding carboxylic acids is 1. The summed E-state index contributed by atoms with van der Waals surface area (Å²) >= 11 is 1.38. The monoisotopic (exact) mass is 222 g/mol. The molecule has 3 atom stereocenters. The zero-order valence-electron chi connectivity index (χ0n) is 8.56. The van der Waals surface area contributed by atoms with Crippen molar-refractivity contribution in [2.45, 2.75) is 32.1 Å². The second-order valence-electron chi connectivity index (χ2n) is 5.00. The quantitative estimate of drug-likeness (QED) is 0.735. The van der Waals surface area contributed by atoms with Crippen LogP contribution in [0, 0.1) is 17.3 Å². The van der Waals surface area contributed by atoms with Crippen LogP contribution < -0.4 is 0 Å². The molecule has 1 aromatic heterocycles. The smallest absolute Gasteiger partial charge is 0.126 e. The zero-order valence-corrected chi connectivity index (χ0v) is 9.37. The maximum atomic E-state index is 11.4. The minimum Gasteiger partial charge on any atom is -0.303 e. The van der Waals surface area contributed by atoms with Crippen molar-refractivity contribution in [2.75, 3.05) is 0 Å². The van der Waals surface area contributed by atoms with E-state index in [1.54, 1.807) is 0 Å². The molecule has 1 aromatic rings. The van der Waals surface area contributed by atoms with Gasteiger partial charge in [0, 0.05) is 17.2 Å². The van der Waals surface area contributed by atoms with Crippen LogP contribution in [0.4, 0.5) is 0 Å². The zero-order chi connectivity index (χ0) is 10.3. The molecule has 3 nitrogen and oxygen atoms in total. The van der Waals surface area contributed by atoms with Crippen LogP contribution in [0.1, 0.15) is 31.4 Å². The minimum atomic E-state index is -0.0985. The molecule has 80 valence electrons. The number of aromatic nitrogens is 2. The predicted molar refractivity (Wildman–Crippen MR) is 57.6 cm³/mol. The average Bonchev–Trinajstić information content (AvgIpc) is 2.93. The van der Waals surface area contributed by atoms with Crippen molar-refractivity contribution in [2.24, 2.45) is 17.3 Å². The Morgan fingerprint density at radius 3 is 3.07 bits per heavy atom. The van der Waals surface area contributed by atoms with Gasteiger partial charge in [0.1, 0.15) is 6.29 Å². The van der Waals surface area contributed by atoms with Gasteiger partial charge in [-0.2, -0.15) is 0 Å². The van der Waals surface area contributed by atoms with Crippen LogP contribution in [-0.4, -0.2) is 15.9 Å². The molecule has 2 aliphatic carbocycles. The lowest BCUT2D eigenvalue weighted by atomic mass is 9.71. The molecule has 0 spiro atoms. The van der Waals surface area contributed by atoms with Gasteiger partial charge >= 0.3 is 0 Å². The van der Waals surface area contributed by atoms with E-state index in [9.17, 15) is 4.79 Å². The van der Waals surface area contributed by atoms with Crippen molar-refractivity contribution in [3.8, 4) is 0 Å². The summed E-state index contributed by atoms with van der Waals surface area (Å²) in [5, 5.41) is 6.04. The van der Waals surface area contributed by atoms with E-state index < -0.39 is 0 Å². The summed E-state index contributed by atoms with van der Waals surface area (Å²) < 4.78 is 3.87. The van der Waals surface area contributed by atoms with E-state index in [1.807, 2.05) is 5.38 Å². The van der Waals surface area contributed by atoms with Gasteiger partial charge < -0.3 is 4.79 Å². The first-order valence-corrected chi connectivity index (χ1v) is 6.38. The second-order valence-corrected chi connectivity index (χ2v) is 5.61. The van der Waals surface area contributed by atoms with Crippen LogP contribution in [0.15, 0.2) is 5.38 Å². The van der Waals surface area contributed by atoms with Crippen LogP contribution in [-0.2, 0) is 11.2 Å².